The summed E-state index contributed by atoms with van der Waals surface area (Å²) < 4.78 is 5.75. The number of benzene rings is 1. The molecule has 1 unspecified atom stereocenters. The quantitative estimate of drug-likeness (QED) is 0.817. The number of aliphatic hydroxyl groups excluding tert-OH is 1. The number of aryl methyl sites for hydroxylation is 2. The molecule has 134 valence electrons. The number of hydrogen-bond donors (Lipinski definition) is 2. The summed E-state index contributed by atoms with van der Waals surface area (Å²) in [5.74, 6) is 1.87. The number of nitrogens with one attached hydrogen (secondary N) is 1. The Morgan fingerprint density at radius 3 is 2.64 bits per heavy atom. The molecule has 1 atom stereocenters. The van der Waals surface area contributed by atoms with Crippen molar-refractivity contribution in [1.29, 1.82) is 0 Å². The van der Waals surface area contributed by atoms with Crippen LogP contribution < -0.4 is 14.5 Å². The number of hydrogen-bond acceptors (Lipinski definition) is 4. The Hall–Kier alpha value is -2.11. The van der Waals surface area contributed by atoms with Gasteiger partial charge in [0.15, 0.2) is 0 Å². The monoisotopic (exact) mass is 342 g/mol. The Labute approximate surface area is 149 Å². The van der Waals surface area contributed by atoms with Gasteiger partial charge in [0.1, 0.15) is 30.8 Å². The number of piperazine rings is 1. The summed E-state index contributed by atoms with van der Waals surface area (Å²) in [5.41, 5.74) is 2.46. The normalized spacial score (nSPS) is 16.7. The fourth-order valence-electron chi connectivity index (χ4n) is 3.19. The average Bonchev–Trinajstić information content (AvgIpc) is 2.64. The predicted molar refractivity (Wildman–Crippen MR) is 99.4 cm³/mol. The second kappa shape index (κ2) is 8.32. The molecular weight excluding hydrogens is 314 g/mol. The molecule has 0 spiro atoms. The molecule has 1 aromatic heterocycles. The molecule has 2 heterocycles. The van der Waals surface area contributed by atoms with Gasteiger partial charge in [-0.2, -0.15) is 0 Å². The van der Waals surface area contributed by atoms with Crippen molar-refractivity contribution in [3.05, 3.63) is 53.7 Å². The van der Waals surface area contributed by atoms with Crippen molar-refractivity contribution >= 4 is 5.82 Å². The Morgan fingerprint density at radius 1 is 1.16 bits per heavy atom. The summed E-state index contributed by atoms with van der Waals surface area (Å²) in [6.45, 7) is 9.19. The maximum Gasteiger partial charge on any atom is 0.137 e. The average molecular weight is 342 g/mol. The third-order valence-corrected chi connectivity index (χ3v) is 4.89. The summed E-state index contributed by atoms with van der Waals surface area (Å²) in [7, 11) is 0. The highest BCUT2D eigenvalue weighted by molar-refractivity contribution is 5.37. The Kier molecular flexibility index (Phi) is 5.89. The smallest absolute Gasteiger partial charge is 0.137 e. The topological polar surface area (TPSA) is 50.0 Å². The van der Waals surface area contributed by atoms with Crippen molar-refractivity contribution < 1.29 is 14.7 Å². The zero-order valence-corrected chi connectivity index (χ0v) is 15.1. The van der Waals surface area contributed by atoms with E-state index in [9.17, 15) is 5.11 Å². The number of quaternary nitrogens is 1. The Bertz CT molecular complexity index is 670. The van der Waals surface area contributed by atoms with Gasteiger partial charge < -0.3 is 19.6 Å². The molecule has 5 heteroatoms. The number of rotatable bonds is 6. The van der Waals surface area contributed by atoms with Gasteiger partial charge in [0.2, 0.25) is 0 Å². The van der Waals surface area contributed by atoms with Gasteiger partial charge >= 0.3 is 0 Å². The number of pyridine rings is 1. The molecule has 0 aliphatic carbocycles. The van der Waals surface area contributed by atoms with Crippen molar-refractivity contribution in [1.82, 2.24) is 4.98 Å². The molecule has 3 rings (SSSR count). The van der Waals surface area contributed by atoms with Crippen molar-refractivity contribution in [2.24, 2.45) is 0 Å². The number of aromatic nitrogens is 1. The van der Waals surface area contributed by atoms with Crippen molar-refractivity contribution in [2.75, 3.05) is 44.2 Å². The van der Waals surface area contributed by atoms with Crippen LogP contribution in [0.4, 0.5) is 5.82 Å². The molecule has 1 aliphatic heterocycles. The van der Waals surface area contributed by atoms with Gasteiger partial charge in [-0.05, 0) is 49.2 Å². The van der Waals surface area contributed by atoms with Crippen LogP contribution in [-0.4, -0.2) is 55.5 Å². The molecule has 1 aliphatic rings. The SMILES string of the molecule is Cc1ccc(OCC(O)C[NH+]2CCN(c3ccccn3)CC2)cc1C. The fourth-order valence-corrected chi connectivity index (χ4v) is 3.19. The van der Waals surface area contributed by atoms with Crippen LogP contribution in [0.15, 0.2) is 42.6 Å². The van der Waals surface area contributed by atoms with E-state index in [-0.39, 0.29) is 0 Å². The van der Waals surface area contributed by atoms with Gasteiger partial charge in [-0.15, -0.1) is 0 Å². The molecule has 0 saturated carbocycles. The van der Waals surface area contributed by atoms with E-state index >= 15 is 0 Å². The second-order valence-corrected chi connectivity index (χ2v) is 6.84. The van der Waals surface area contributed by atoms with Crippen LogP contribution >= 0.6 is 0 Å². The largest absolute Gasteiger partial charge is 0.491 e. The summed E-state index contributed by atoms with van der Waals surface area (Å²) in [5, 5.41) is 10.3. The van der Waals surface area contributed by atoms with E-state index in [4.69, 9.17) is 4.74 Å². The van der Waals surface area contributed by atoms with Crippen LogP contribution in [0.3, 0.4) is 0 Å². The Balaban J connectivity index is 1.41. The maximum absolute atomic E-state index is 10.3. The van der Waals surface area contributed by atoms with E-state index in [1.165, 1.54) is 16.0 Å². The highest BCUT2D eigenvalue weighted by atomic mass is 16.5. The molecule has 1 aromatic carbocycles. The van der Waals surface area contributed by atoms with Gasteiger partial charge in [0.05, 0.1) is 26.2 Å². The van der Waals surface area contributed by atoms with Crippen molar-refractivity contribution in [2.45, 2.75) is 20.0 Å². The van der Waals surface area contributed by atoms with E-state index < -0.39 is 6.10 Å². The summed E-state index contributed by atoms with van der Waals surface area (Å²) >= 11 is 0. The first-order chi connectivity index (χ1) is 12.1. The molecular formula is C20H28N3O2+. The second-order valence-electron chi connectivity index (χ2n) is 6.84. The van der Waals surface area contributed by atoms with Gasteiger partial charge in [0, 0.05) is 6.20 Å². The van der Waals surface area contributed by atoms with Crippen LogP contribution in [0.1, 0.15) is 11.1 Å². The zero-order chi connectivity index (χ0) is 17.6. The molecule has 2 N–H and O–H groups in total. The lowest BCUT2D eigenvalue weighted by molar-refractivity contribution is -0.903. The fraction of sp³-hybridized carbons (Fsp3) is 0.450. The van der Waals surface area contributed by atoms with E-state index in [0.29, 0.717) is 6.61 Å². The van der Waals surface area contributed by atoms with Gasteiger partial charge in [0.25, 0.3) is 0 Å². The number of nitrogens with zero attached hydrogens (tertiary/aromatic N) is 2. The molecule has 1 saturated heterocycles. The van der Waals surface area contributed by atoms with Crippen LogP contribution in [-0.2, 0) is 0 Å². The first-order valence-corrected chi connectivity index (χ1v) is 8.99. The van der Waals surface area contributed by atoms with Crippen LogP contribution in [0.25, 0.3) is 0 Å². The molecule has 0 radical (unpaired) electrons. The van der Waals surface area contributed by atoms with Gasteiger partial charge in [-0.25, -0.2) is 4.98 Å². The predicted octanol–water partition coefficient (Wildman–Crippen LogP) is 0.843. The maximum atomic E-state index is 10.3. The minimum atomic E-state index is -0.446. The number of anilines is 1. The van der Waals surface area contributed by atoms with Crippen molar-refractivity contribution in [3.63, 3.8) is 0 Å². The molecule has 0 bridgehead atoms. The highest BCUT2D eigenvalue weighted by Crippen LogP contribution is 2.16. The van der Waals surface area contributed by atoms with E-state index in [0.717, 1.165) is 44.3 Å². The van der Waals surface area contributed by atoms with Gasteiger partial charge in [-0.1, -0.05) is 12.1 Å². The van der Waals surface area contributed by atoms with E-state index in [2.05, 4.69) is 35.9 Å². The summed E-state index contributed by atoms with van der Waals surface area (Å²) in [4.78, 5) is 8.14. The standard InChI is InChI=1S/C20H27N3O2/c1-16-6-7-19(13-17(16)2)25-15-18(24)14-22-9-11-23(12-10-22)20-5-3-4-8-21-20/h3-8,13,18,24H,9-12,14-15H2,1-2H3/p+1. The van der Waals surface area contributed by atoms with E-state index in [1.54, 1.807) is 0 Å². The van der Waals surface area contributed by atoms with Crippen molar-refractivity contribution in [3.8, 4) is 5.75 Å². The molecule has 25 heavy (non-hydrogen) atoms. The minimum Gasteiger partial charge on any atom is -0.491 e. The molecule has 2 aromatic rings. The first kappa shape index (κ1) is 17.7. The summed E-state index contributed by atoms with van der Waals surface area (Å²) in [6.07, 6.45) is 1.39. The third-order valence-electron chi connectivity index (χ3n) is 4.89. The highest BCUT2D eigenvalue weighted by Gasteiger charge is 2.23. The number of aliphatic hydroxyl groups is 1. The lowest BCUT2D eigenvalue weighted by Gasteiger charge is -2.33. The molecule has 0 amide bonds. The van der Waals surface area contributed by atoms with Crippen LogP contribution in [0.2, 0.25) is 0 Å². The zero-order valence-electron chi connectivity index (χ0n) is 15.1. The Morgan fingerprint density at radius 2 is 1.96 bits per heavy atom. The summed E-state index contributed by atoms with van der Waals surface area (Å²) in [6, 6.07) is 12.1. The lowest BCUT2D eigenvalue weighted by atomic mass is 10.1. The van der Waals surface area contributed by atoms with Crippen LogP contribution in [0.5, 0.6) is 5.75 Å². The van der Waals surface area contributed by atoms with Gasteiger partial charge in [-0.3, -0.25) is 0 Å². The third kappa shape index (κ3) is 4.94. The van der Waals surface area contributed by atoms with E-state index in [1.807, 2.05) is 30.5 Å². The first-order valence-electron chi connectivity index (χ1n) is 8.99. The lowest BCUT2D eigenvalue weighted by Crippen LogP contribution is -3.16. The molecule has 1 fully saturated rings. The molecule has 5 nitrogen and oxygen atoms in total. The number of ether oxygens (including phenoxy) is 1. The minimum absolute atomic E-state index is 0.343. The van der Waals surface area contributed by atoms with Crippen LogP contribution in [0, 0.1) is 13.8 Å².